The molecule has 0 saturated carbocycles. The van der Waals surface area contributed by atoms with Gasteiger partial charge in [0.1, 0.15) is 16.9 Å². The minimum Gasteiger partial charge on any atom is -0.490 e. The number of rotatable bonds is 11. The third-order valence-corrected chi connectivity index (χ3v) is 6.51. The summed E-state index contributed by atoms with van der Waals surface area (Å²) < 4.78 is 25.8. The van der Waals surface area contributed by atoms with Gasteiger partial charge in [-0.1, -0.05) is 19.9 Å². The topological polar surface area (TPSA) is 123 Å². The summed E-state index contributed by atoms with van der Waals surface area (Å²) in [4.78, 5) is 50.1. The van der Waals surface area contributed by atoms with Crippen molar-refractivity contribution in [1.82, 2.24) is 14.0 Å². The zero-order valence-corrected chi connectivity index (χ0v) is 25.7. The van der Waals surface area contributed by atoms with Crippen molar-refractivity contribution in [2.75, 3.05) is 26.4 Å². The first-order valence-corrected chi connectivity index (χ1v) is 14.5. The van der Waals surface area contributed by atoms with Crippen LogP contribution in [0.5, 0.6) is 17.2 Å². The Hall–Kier alpha value is -4.67. The van der Waals surface area contributed by atoms with E-state index in [4.69, 9.17) is 23.9 Å². The predicted octanol–water partition coefficient (Wildman–Crippen LogP) is 4.73. The van der Waals surface area contributed by atoms with Crippen LogP contribution in [0.3, 0.4) is 0 Å². The first kappa shape index (κ1) is 31.3. The second-order valence-corrected chi connectivity index (χ2v) is 10.2. The third kappa shape index (κ3) is 6.40. The summed E-state index contributed by atoms with van der Waals surface area (Å²) in [5.74, 6) is -0.247. The highest BCUT2D eigenvalue weighted by atomic mass is 16.5. The molecule has 0 fully saturated rings. The molecule has 0 saturated heterocycles. The van der Waals surface area contributed by atoms with E-state index in [9.17, 15) is 14.4 Å². The maximum atomic E-state index is 13.9. The van der Waals surface area contributed by atoms with Gasteiger partial charge in [0.2, 0.25) is 5.75 Å². The predicted molar refractivity (Wildman–Crippen MR) is 162 cm³/mol. The number of pyridine rings is 2. The van der Waals surface area contributed by atoms with Crippen molar-refractivity contribution in [3.05, 3.63) is 69.1 Å². The number of esters is 1. The Morgan fingerprint density at radius 2 is 1.58 bits per heavy atom. The molecule has 43 heavy (non-hydrogen) atoms. The summed E-state index contributed by atoms with van der Waals surface area (Å²) in [7, 11) is 0. The number of ether oxygens (including phenoxy) is 4. The highest BCUT2D eigenvalue weighted by Crippen LogP contribution is 2.39. The normalized spacial score (nSPS) is 11.8. The summed E-state index contributed by atoms with van der Waals surface area (Å²) in [6.45, 7) is 14.5. The van der Waals surface area contributed by atoms with Crippen molar-refractivity contribution < 1.29 is 28.5 Å². The lowest BCUT2D eigenvalue weighted by Crippen LogP contribution is -2.34. The summed E-state index contributed by atoms with van der Waals surface area (Å²) >= 11 is 0. The maximum Gasteiger partial charge on any atom is 0.341 e. The fourth-order valence-electron chi connectivity index (χ4n) is 4.78. The lowest BCUT2D eigenvalue weighted by molar-refractivity contribution is 0.0523. The number of fused-ring (bicyclic) bond motifs is 2. The van der Waals surface area contributed by atoms with Crippen LogP contribution in [-0.4, -0.2) is 52.3 Å². The molecule has 4 aromatic rings. The van der Waals surface area contributed by atoms with Gasteiger partial charge in [0, 0.05) is 18.3 Å². The Kier molecular flexibility index (Phi) is 9.84. The molecule has 1 amide bonds. The molecule has 0 aliphatic heterocycles. The van der Waals surface area contributed by atoms with Gasteiger partial charge in [-0.3, -0.25) is 14.0 Å². The molecule has 1 aromatic carbocycles. The number of carbonyl (C=O) groups excluding carboxylic acids is 2. The molecule has 0 radical (unpaired) electrons. The molecule has 3 heterocycles. The van der Waals surface area contributed by atoms with E-state index in [2.05, 4.69) is 4.99 Å². The summed E-state index contributed by atoms with van der Waals surface area (Å²) in [5, 5.41) is 0.205. The van der Waals surface area contributed by atoms with Crippen molar-refractivity contribution >= 4 is 28.6 Å². The van der Waals surface area contributed by atoms with Crippen LogP contribution in [0.1, 0.15) is 67.8 Å². The quantitative estimate of drug-likeness (QED) is 0.182. The number of nitrogens with zero attached hydrogens (tertiary/aromatic N) is 4. The molecule has 4 rings (SSSR count). The van der Waals surface area contributed by atoms with Gasteiger partial charge in [0.15, 0.2) is 17.0 Å². The summed E-state index contributed by atoms with van der Waals surface area (Å²) in [5.41, 5.74) is 1.41. The summed E-state index contributed by atoms with van der Waals surface area (Å²) in [6, 6.07) is 8.12. The van der Waals surface area contributed by atoms with E-state index < -0.39 is 11.9 Å². The van der Waals surface area contributed by atoms with Crippen LogP contribution in [0, 0.1) is 12.8 Å². The van der Waals surface area contributed by atoms with Crippen molar-refractivity contribution in [2.24, 2.45) is 10.9 Å². The van der Waals surface area contributed by atoms with Crippen LogP contribution in [0.25, 0.3) is 16.7 Å². The van der Waals surface area contributed by atoms with Crippen LogP contribution in [-0.2, 0) is 11.3 Å². The molecular formula is C32H38N4O7. The van der Waals surface area contributed by atoms with E-state index in [-0.39, 0.29) is 40.1 Å². The Morgan fingerprint density at radius 3 is 2.16 bits per heavy atom. The van der Waals surface area contributed by atoms with E-state index in [0.717, 1.165) is 5.56 Å². The van der Waals surface area contributed by atoms with Gasteiger partial charge in [0.05, 0.1) is 31.8 Å². The average Bonchev–Trinajstić information content (AvgIpc) is 2.96. The minimum absolute atomic E-state index is 0.0177. The van der Waals surface area contributed by atoms with Crippen LogP contribution in [0.2, 0.25) is 0 Å². The number of hydrogen-bond acceptors (Lipinski definition) is 8. The van der Waals surface area contributed by atoms with E-state index in [1.54, 1.807) is 35.9 Å². The van der Waals surface area contributed by atoms with Gasteiger partial charge in [-0.05, 0) is 70.4 Å². The van der Waals surface area contributed by atoms with Gasteiger partial charge in [0.25, 0.3) is 11.5 Å². The first-order chi connectivity index (χ1) is 20.6. The zero-order valence-electron chi connectivity index (χ0n) is 25.7. The minimum atomic E-state index is -0.709. The Morgan fingerprint density at radius 1 is 0.930 bits per heavy atom. The Labute approximate surface area is 249 Å². The van der Waals surface area contributed by atoms with Crippen molar-refractivity contribution in [1.29, 1.82) is 0 Å². The molecule has 0 unspecified atom stereocenters. The van der Waals surface area contributed by atoms with Crippen molar-refractivity contribution in [3.8, 4) is 17.2 Å². The number of aromatic nitrogens is 3. The molecule has 0 aliphatic carbocycles. The van der Waals surface area contributed by atoms with Gasteiger partial charge in [-0.2, -0.15) is 4.99 Å². The average molecular weight is 591 g/mol. The van der Waals surface area contributed by atoms with Crippen LogP contribution < -0.4 is 25.3 Å². The van der Waals surface area contributed by atoms with Gasteiger partial charge < -0.3 is 23.5 Å². The number of benzene rings is 1. The number of amides is 1. The number of carbonyl (C=O) groups is 2. The Balaban J connectivity index is 2.10. The van der Waals surface area contributed by atoms with Gasteiger partial charge >= 0.3 is 5.97 Å². The third-order valence-electron chi connectivity index (χ3n) is 6.51. The standard InChI is InChI=1S/C32H38N4O7/c1-8-40-24-15-21(16-25(41-9-2)26(24)42-10-3)30(37)34-29-23(32(39)43-11-4)17-22-28(36(29)18-19(5)6)33-27-20(7)13-12-14-35(27)31(22)38/h12-17,19H,8-11,18H2,1-7H3. The fourth-order valence-corrected chi connectivity index (χ4v) is 4.78. The lowest BCUT2D eigenvalue weighted by atomic mass is 10.1. The van der Waals surface area contributed by atoms with E-state index in [1.807, 2.05) is 47.6 Å². The molecule has 11 heteroatoms. The van der Waals surface area contributed by atoms with Crippen LogP contribution in [0.15, 0.2) is 46.3 Å². The number of hydrogen-bond donors (Lipinski definition) is 0. The molecule has 11 nitrogen and oxygen atoms in total. The second-order valence-electron chi connectivity index (χ2n) is 10.2. The largest absolute Gasteiger partial charge is 0.490 e. The molecule has 0 spiro atoms. The highest BCUT2D eigenvalue weighted by Gasteiger charge is 2.23. The van der Waals surface area contributed by atoms with Crippen LogP contribution in [0.4, 0.5) is 0 Å². The fraction of sp³-hybridized carbons (Fsp3) is 0.406. The number of aryl methyl sites for hydroxylation is 1. The molecule has 0 bridgehead atoms. The molecule has 0 N–H and O–H groups in total. The SMILES string of the molecule is CCOC(=O)c1cc2c(=O)n3cccc(C)c3nc2n(CC(C)C)c1=NC(=O)c1cc(OCC)c(OCC)c(OCC)c1. The van der Waals surface area contributed by atoms with Gasteiger partial charge in [-0.25, -0.2) is 9.78 Å². The molecule has 0 atom stereocenters. The van der Waals surface area contributed by atoms with Crippen molar-refractivity contribution in [3.63, 3.8) is 0 Å². The molecule has 228 valence electrons. The monoisotopic (exact) mass is 590 g/mol. The lowest BCUT2D eigenvalue weighted by Gasteiger charge is -2.18. The van der Waals surface area contributed by atoms with Gasteiger partial charge in [-0.15, -0.1) is 0 Å². The zero-order chi connectivity index (χ0) is 31.3. The Bertz CT molecular complexity index is 1780. The van der Waals surface area contributed by atoms with Crippen molar-refractivity contribution in [2.45, 2.75) is 55.0 Å². The first-order valence-electron chi connectivity index (χ1n) is 14.5. The molecular weight excluding hydrogens is 552 g/mol. The molecule has 0 aliphatic rings. The smallest absolute Gasteiger partial charge is 0.341 e. The van der Waals surface area contributed by atoms with Crippen LogP contribution >= 0.6 is 0 Å². The van der Waals surface area contributed by atoms with E-state index in [0.29, 0.717) is 54.9 Å². The summed E-state index contributed by atoms with van der Waals surface area (Å²) in [6.07, 6.45) is 1.63. The second kappa shape index (κ2) is 13.5. The van der Waals surface area contributed by atoms with E-state index in [1.165, 1.54) is 10.5 Å². The highest BCUT2D eigenvalue weighted by molar-refractivity contribution is 5.98. The molecule has 3 aromatic heterocycles. The van der Waals surface area contributed by atoms with E-state index >= 15 is 0 Å². The maximum absolute atomic E-state index is 13.9.